The SMILES string of the molecule is CCOC(C)(CC)C(=O)Cc1ccc2c(c1)CCC2. The Morgan fingerprint density at radius 3 is 2.68 bits per heavy atom. The molecular weight excluding hydrogens is 236 g/mol. The molecule has 0 amide bonds. The first-order chi connectivity index (χ1) is 9.09. The van der Waals surface area contributed by atoms with Gasteiger partial charge in [0.15, 0.2) is 5.78 Å². The predicted molar refractivity (Wildman–Crippen MR) is 77.5 cm³/mol. The van der Waals surface area contributed by atoms with E-state index in [2.05, 4.69) is 18.2 Å². The predicted octanol–water partition coefficient (Wildman–Crippen LogP) is 3.49. The number of Topliss-reactive ketones (excluding diaryl/α,β-unsaturated/α-hetero) is 1. The van der Waals surface area contributed by atoms with Crippen LogP contribution in [0.4, 0.5) is 0 Å². The van der Waals surface area contributed by atoms with E-state index in [0.717, 1.165) is 18.4 Å². The second-order valence-corrected chi connectivity index (χ2v) is 5.57. The Balaban J connectivity index is 2.10. The number of ether oxygens (including phenoxy) is 1. The topological polar surface area (TPSA) is 26.3 Å². The van der Waals surface area contributed by atoms with Crippen LogP contribution in [-0.2, 0) is 28.8 Å². The van der Waals surface area contributed by atoms with E-state index in [1.807, 2.05) is 20.8 Å². The first-order valence-electron chi connectivity index (χ1n) is 7.37. The van der Waals surface area contributed by atoms with E-state index in [0.29, 0.717) is 13.0 Å². The van der Waals surface area contributed by atoms with Crippen molar-refractivity contribution in [3.05, 3.63) is 34.9 Å². The summed E-state index contributed by atoms with van der Waals surface area (Å²) in [7, 11) is 0. The van der Waals surface area contributed by atoms with E-state index >= 15 is 0 Å². The molecule has 0 bridgehead atoms. The zero-order valence-corrected chi connectivity index (χ0v) is 12.3. The molecule has 0 saturated heterocycles. The van der Waals surface area contributed by atoms with Gasteiger partial charge in [-0.1, -0.05) is 25.1 Å². The zero-order chi connectivity index (χ0) is 13.9. The molecule has 2 rings (SSSR count). The van der Waals surface area contributed by atoms with Gasteiger partial charge in [0.1, 0.15) is 5.60 Å². The Hall–Kier alpha value is -1.15. The van der Waals surface area contributed by atoms with Gasteiger partial charge in [0, 0.05) is 13.0 Å². The minimum absolute atomic E-state index is 0.190. The number of ketones is 1. The Labute approximate surface area is 116 Å². The summed E-state index contributed by atoms with van der Waals surface area (Å²) in [5.74, 6) is 0.190. The molecule has 2 heteroatoms. The average Bonchev–Trinajstić information content (AvgIpc) is 2.86. The molecule has 0 radical (unpaired) electrons. The molecule has 0 N–H and O–H groups in total. The number of aryl methyl sites for hydroxylation is 2. The van der Waals surface area contributed by atoms with Crippen LogP contribution in [-0.4, -0.2) is 18.0 Å². The normalized spacial score (nSPS) is 17.0. The summed E-state index contributed by atoms with van der Waals surface area (Å²) in [6.45, 7) is 6.44. The Kier molecular flexibility index (Phi) is 4.41. The van der Waals surface area contributed by atoms with Crippen LogP contribution in [0.5, 0.6) is 0 Å². The smallest absolute Gasteiger partial charge is 0.168 e. The van der Waals surface area contributed by atoms with Crippen LogP contribution >= 0.6 is 0 Å². The van der Waals surface area contributed by atoms with E-state index in [9.17, 15) is 4.79 Å². The number of benzene rings is 1. The highest BCUT2D eigenvalue weighted by Crippen LogP contribution is 2.25. The molecule has 0 aromatic heterocycles. The van der Waals surface area contributed by atoms with Gasteiger partial charge in [0.2, 0.25) is 0 Å². The van der Waals surface area contributed by atoms with E-state index in [1.54, 1.807) is 0 Å². The standard InChI is InChI=1S/C17H24O2/c1-4-17(3,19-5-2)16(18)12-13-9-10-14-7-6-8-15(14)11-13/h9-11H,4-8,12H2,1-3H3. The maximum atomic E-state index is 12.4. The van der Waals surface area contributed by atoms with Crippen LogP contribution in [0.3, 0.4) is 0 Å². The Morgan fingerprint density at radius 2 is 2.00 bits per heavy atom. The van der Waals surface area contributed by atoms with Gasteiger partial charge in [0.25, 0.3) is 0 Å². The molecule has 1 atom stereocenters. The number of fused-ring (bicyclic) bond motifs is 1. The summed E-state index contributed by atoms with van der Waals surface area (Å²) in [5, 5.41) is 0. The quantitative estimate of drug-likeness (QED) is 0.782. The van der Waals surface area contributed by atoms with Gasteiger partial charge in [0.05, 0.1) is 0 Å². The maximum absolute atomic E-state index is 12.4. The highest BCUT2D eigenvalue weighted by Gasteiger charge is 2.31. The van der Waals surface area contributed by atoms with Crippen molar-refractivity contribution in [1.29, 1.82) is 0 Å². The van der Waals surface area contributed by atoms with Crippen LogP contribution in [0.15, 0.2) is 18.2 Å². The molecule has 2 nitrogen and oxygen atoms in total. The third-order valence-electron chi connectivity index (χ3n) is 4.26. The van der Waals surface area contributed by atoms with Gasteiger partial charge in [-0.15, -0.1) is 0 Å². The first-order valence-corrected chi connectivity index (χ1v) is 7.37. The van der Waals surface area contributed by atoms with Crippen molar-refractivity contribution < 1.29 is 9.53 Å². The number of carbonyl (C=O) groups is 1. The van der Waals surface area contributed by atoms with Gasteiger partial charge < -0.3 is 4.74 Å². The molecule has 1 aromatic rings. The van der Waals surface area contributed by atoms with Crippen LogP contribution < -0.4 is 0 Å². The maximum Gasteiger partial charge on any atom is 0.168 e. The lowest BCUT2D eigenvalue weighted by molar-refractivity contribution is -0.141. The summed E-state index contributed by atoms with van der Waals surface area (Å²) in [6.07, 6.45) is 4.81. The Morgan fingerprint density at radius 1 is 1.26 bits per heavy atom. The zero-order valence-electron chi connectivity index (χ0n) is 12.3. The lowest BCUT2D eigenvalue weighted by atomic mass is 9.91. The molecule has 1 aromatic carbocycles. The fraction of sp³-hybridized carbons (Fsp3) is 0.588. The van der Waals surface area contributed by atoms with E-state index in [1.165, 1.54) is 24.0 Å². The van der Waals surface area contributed by atoms with Crippen molar-refractivity contribution in [2.45, 2.75) is 58.5 Å². The first kappa shape index (κ1) is 14.3. The molecule has 1 aliphatic carbocycles. The van der Waals surface area contributed by atoms with Crippen LogP contribution in [0, 0.1) is 0 Å². The summed E-state index contributed by atoms with van der Waals surface area (Å²) < 4.78 is 5.66. The fourth-order valence-corrected chi connectivity index (χ4v) is 2.81. The molecule has 0 spiro atoms. The van der Waals surface area contributed by atoms with Gasteiger partial charge >= 0.3 is 0 Å². The third-order valence-corrected chi connectivity index (χ3v) is 4.26. The fourth-order valence-electron chi connectivity index (χ4n) is 2.81. The summed E-state index contributed by atoms with van der Waals surface area (Å²) in [4.78, 5) is 12.4. The lowest BCUT2D eigenvalue weighted by Gasteiger charge is -2.26. The van der Waals surface area contributed by atoms with Crippen molar-refractivity contribution >= 4 is 5.78 Å². The van der Waals surface area contributed by atoms with Crippen molar-refractivity contribution in [2.24, 2.45) is 0 Å². The molecule has 1 unspecified atom stereocenters. The summed E-state index contributed by atoms with van der Waals surface area (Å²) >= 11 is 0. The minimum Gasteiger partial charge on any atom is -0.368 e. The van der Waals surface area contributed by atoms with Gasteiger partial charge in [-0.2, -0.15) is 0 Å². The second-order valence-electron chi connectivity index (χ2n) is 5.57. The van der Waals surface area contributed by atoms with E-state index in [-0.39, 0.29) is 5.78 Å². The van der Waals surface area contributed by atoms with E-state index < -0.39 is 5.60 Å². The van der Waals surface area contributed by atoms with Crippen LogP contribution in [0.1, 0.15) is 50.3 Å². The molecular formula is C17H24O2. The summed E-state index contributed by atoms with van der Waals surface area (Å²) in [6, 6.07) is 6.50. The monoisotopic (exact) mass is 260 g/mol. The number of hydrogen-bond acceptors (Lipinski definition) is 2. The molecule has 0 saturated carbocycles. The molecule has 0 fully saturated rings. The molecule has 19 heavy (non-hydrogen) atoms. The van der Waals surface area contributed by atoms with Crippen molar-refractivity contribution in [3.8, 4) is 0 Å². The van der Waals surface area contributed by atoms with Crippen LogP contribution in [0.2, 0.25) is 0 Å². The number of rotatable bonds is 6. The van der Waals surface area contributed by atoms with Crippen molar-refractivity contribution in [1.82, 2.24) is 0 Å². The largest absolute Gasteiger partial charge is 0.368 e. The van der Waals surface area contributed by atoms with Crippen molar-refractivity contribution in [2.75, 3.05) is 6.61 Å². The number of hydrogen-bond donors (Lipinski definition) is 0. The highest BCUT2D eigenvalue weighted by atomic mass is 16.5. The van der Waals surface area contributed by atoms with Crippen molar-refractivity contribution in [3.63, 3.8) is 0 Å². The van der Waals surface area contributed by atoms with E-state index in [4.69, 9.17) is 4.74 Å². The third kappa shape index (κ3) is 3.06. The van der Waals surface area contributed by atoms with Gasteiger partial charge in [-0.25, -0.2) is 0 Å². The van der Waals surface area contributed by atoms with Gasteiger partial charge in [-0.05, 0) is 56.2 Å². The molecule has 104 valence electrons. The second kappa shape index (κ2) is 5.87. The Bertz CT molecular complexity index is 464. The highest BCUT2D eigenvalue weighted by molar-refractivity contribution is 5.88. The number of carbonyl (C=O) groups excluding carboxylic acids is 1. The molecule has 0 heterocycles. The average molecular weight is 260 g/mol. The lowest BCUT2D eigenvalue weighted by Crippen LogP contribution is -2.39. The minimum atomic E-state index is -0.631. The van der Waals surface area contributed by atoms with Gasteiger partial charge in [-0.3, -0.25) is 4.79 Å². The van der Waals surface area contributed by atoms with Crippen LogP contribution in [0.25, 0.3) is 0 Å². The summed E-state index contributed by atoms with van der Waals surface area (Å²) in [5.41, 5.74) is 3.39. The molecule has 1 aliphatic rings. The molecule has 0 aliphatic heterocycles.